The molecule has 0 unspecified atom stereocenters. The molecule has 19 heavy (non-hydrogen) atoms. The highest BCUT2D eigenvalue weighted by molar-refractivity contribution is 6.29. The van der Waals surface area contributed by atoms with Gasteiger partial charge >= 0.3 is 0 Å². The molecule has 1 aliphatic carbocycles. The third-order valence-electron chi connectivity index (χ3n) is 4.09. The van der Waals surface area contributed by atoms with Crippen LogP contribution < -0.4 is 4.90 Å². The second kappa shape index (κ2) is 4.37. The van der Waals surface area contributed by atoms with Crippen LogP contribution in [0.25, 0.3) is 0 Å². The molecule has 1 aromatic rings. The number of nitrogens with zero attached hydrogens (tertiary/aromatic N) is 3. The molecule has 2 aliphatic rings. The van der Waals surface area contributed by atoms with Crippen LogP contribution in [0.2, 0.25) is 5.15 Å². The number of fused-ring (bicyclic) bond motifs is 1. The van der Waals surface area contributed by atoms with E-state index < -0.39 is 0 Å². The van der Waals surface area contributed by atoms with Gasteiger partial charge in [0.15, 0.2) is 0 Å². The summed E-state index contributed by atoms with van der Waals surface area (Å²) in [6.45, 7) is 2.81. The number of pyridine rings is 1. The molecule has 0 bridgehead atoms. The van der Waals surface area contributed by atoms with Crippen LogP contribution in [0.1, 0.15) is 35.7 Å². The first-order valence-electron chi connectivity index (χ1n) is 6.66. The first-order valence-corrected chi connectivity index (χ1v) is 7.04. The molecule has 1 aromatic heterocycles. The average molecular weight is 280 g/mol. The molecule has 2 heterocycles. The topological polar surface area (TPSA) is 36.4 Å². The Kier molecular flexibility index (Phi) is 2.93. The summed E-state index contributed by atoms with van der Waals surface area (Å²) in [6, 6.07) is 2.13. The van der Waals surface area contributed by atoms with E-state index in [2.05, 4.69) is 11.9 Å². The quantitative estimate of drug-likeness (QED) is 0.798. The Balaban J connectivity index is 2.00. The minimum atomic E-state index is 0.0993. The van der Waals surface area contributed by atoms with Gasteiger partial charge in [0.25, 0.3) is 5.91 Å². The Morgan fingerprint density at radius 2 is 2.16 bits per heavy atom. The van der Waals surface area contributed by atoms with Crippen LogP contribution in [0.15, 0.2) is 6.07 Å². The largest absolute Gasteiger partial charge is 0.362 e. The summed E-state index contributed by atoms with van der Waals surface area (Å²) in [5.41, 5.74) is 1.73. The van der Waals surface area contributed by atoms with Gasteiger partial charge in [-0.1, -0.05) is 11.6 Å². The fourth-order valence-electron chi connectivity index (χ4n) is 2.79. The first kappa shape index (κ1) is 12.7. The molecule has 102 valence electrons. The van der Waals surface area contributed by atoms with Crippen LogP contribution in [0.5, 0.6) is 0 Å². The summed E-state index contributed by atoms with van der Waals surface area (Å²) >= 11 is 6.05. The van der Waals surface area contributed by atoms with Crippen molar-refractivity contribution in [3.05, 3.63) is 22.3 Å². The number of carbonyl (C=O) groups is 1. The van der Waals surface area contributed by atoms with Gasteiger partial charge in [0.05, 0.1) is 5.56 Å². The van der Waals surface area contributed by atoms with Gasteiger partial charge < -0.3 is 9.80 Å². The Bertz CT molecular complexity index is 540. The van der Waals surface area contributed by atoms with Crippen LogP contribution in [0, 0.1) is 5.92 Å². The molecule has 0 saturated heterocycles. The number of anilines is 1. The minimum absolute atomic E-state index is 0.0993. The maximum Gasteiger partial charge on any atom is 0.258 e. The van der Waals surface area contributed by atoms with E-state index in [1.807, 2.05) is 30.0 Å². The Hall–Kier alpha value is -1.29. The van der Waals surface area contributed by atoms with Crippen LogP contribution >= 0.6 is 11.6 Å². The molecule has 0 radical (unpaired) electrons. The third-order valence-corrected chi connectivity index (χ3v) is 4.28. The molecule has 0 spiro atoms. The number of halogens is 1. The number of hydrogen-bond donors (Lipinski definition) is 0. The Morgan fingerprint density at radius 3 is 2.74 bits per heavy atom. The maximum absolute atomic E-state index is 12.6. The fourth-order valence-corrected chi connectivity index (χ4v) is 3.00. The van der Waals surface area contributed by atoms with Gasteiger partial charge in [0.2, 0.25) is 0 Å². The number of rotatable bonds is 3. The van der Waals surface area contributed by atoms with Crippen molar-refractivity contribution in [1.82, 2.24) is 9.88 Å². The number of amides is 1. The van der Waals surface area contributed by atoms with Gasteiger partial charge in [0, 0.05) is 26.7 Å². The summed E-state index contributed by atoms with van der Waals surface area (Å²) in [5, 5.41) is 0.455. The van der Waals surface area contributed by atoms with Crippen molar-refractivity contribution in [1.29, 1.82) is 0 Å². The van der Waals surface area contributed by atoms with Crippen molar-refractivity contribution in [2.24, 2.45) is 5.92 Å². The van der Waals surface area contributed by atoms with E-state index in [0.29, 0.717) is 29.5 Å². The Morgan fingerprint density at radius 1 is 1.47 bits per heavy atom. The van der Waals surface area contributed by atoms with E-state index in [1.165, 1.54) is 12.8 Å². The third kappa shape index (κ3) is 2.08. The molecule has 0 aromatic carbocycles. The van der Waals surface area contributed by atoms with Gasteiger partial charge in [-0.25, -0.2) is 4.98 Å². The zero-order chi connectivity index (χ0) is 13.7. The molecule has 5 heteroatoms. The van der Waals surface area contributed by atoms with Gasteiger partial charge in [-0.3, -0.25) is 4.79 Å². The molecule has 1 aliphatic heterocycles. The lowest BCUT2D eigenvalue weighted by molar-refractivity contribution is 0.0698. The molecule has 1 saturated carbocycles. The van der Waals surface area contributed by atoms with Crippen molar-refractivity contribution in [2.45, 2.75) is 32.4 Å². The second-order valence-corrected chi connectivity index (χ2v) is 6.10. The minimum Gasteiger partial charge on any atom is -0.362 e. The number of hydrogen-bond acceptors (Lipinski definition) is 3. The first-order chi connectivity index (χ1) is 8.99. The smallest absolute Gasteiger partial charge is 0.258 e. The van der Waals surface area contributed by atoms with E-state index in [0.717, 1.165) is 11.1 Å². The average Bonchev–Trinajstić information content (AvgIpc) is 3.13. The van der Waals surface area contributed by atoms with Crippen LogP contribution in [0.4, 0.5) is 5.82 Å². The van der Waals surface area contributed by atoms with E-state index in [-0.39, 0.29) is 5.91 Å². The van der Waals surface area contributed by atoms with Crippen molar-refractivity contribution in [3.8, 4) is 0 Å². The van der Waals surface area contributed by atoms with Gasteiger partial charge in [-0.15, -0.1) is 0 Å². The van der Waals surface area contributed by atoms with Crippen LogP contribution in [-0.4, -0.2) is 35.9 Å². The van der Waals surface area contributed by atoms with Crippen LogP contribution in [-0.2, 0) is 6.54 Å². The zero-order valence-electron chi connectivity index (χ0n) is 11.5. The van der Waals surface area contributed by atoms with Crippen molar-refractivity contribution < 1.29 is 4.79 Å². The molecule has 4 nitrogen and oxygen atoms in total. The lowest BCUT2D eigenvalue weighted by Gasteiger charge is -2.24. The van der Waals surface area contributed by atoms with E-state index in [4.69, 9.17) is 11.6 Å². The maximum atomic E-state index is 12.6. The van der Waals surface area contributed by atoms with Crippen LogP contribution in [0.3, 0.4) is 0 Å². The lowest BCUT2D eigenvalue weighted by Crippen LogP contribution is -2.35. The van der Waals surface area contributed by atoms with Gasteiger partial charge in [-0.05, 0) is 37.3 Å². The molecule has 3 rings (SSSR count). The summed E-state index contributed by atoms with van der Waals surface area (Å²) in [6.07, 6.45) is 2.47. The predicted octanol–water partition coefficient (Wildman–Crippen LogP) is 2.56. The van der Waals surface area contributed by atoms with Crippen molar-refractivity contribution in [3.63, 3.8) is 0 Å². The van der Waals surface area contributed by atoms with Gasteiger partial charge in [0.1, 0.15) is 11.0 Å². The highest BCUT2D eigenvalue weighted by atomic mass is 35.5. The predicted molar refractivity (Wildman–Crippen MR) is 75.6 cm³/mol. The van der Waals surface area contributed by atoms with E-state index in [1.54, 1.807) is 0 Å². The highest BCUT2D eigenvalue weighted by Gasteiger charge is 2.40. The van der Waals surface area contributed by atoms with E-state index >= 15 is 0 Å². The normalized spacial score (nSPS) is 19.6. The SMILES string of the molecule is C[C@@H](C1CC1)N1Cc2cc(Cl)nc(N(C)C)c2C1=O. The zero-order valence-corrected chi connectivity index (χ0v) is 12.2. The molecule has 0 N–H and O–H groups in total. The Labute approximate surface area is 118 Å². The summed E-state index contributed by atoms with van der Waals surface area (Å²) in [4.78, 5) is 20.7. The summed E-state index contributed by atoms with van der Waals surface area (Å²) < 4.78 is 0. The highest BCUT2D eigenvalue weighted by Crippen LogP contribution is 2.40. The number of aromatic nitrogens is 1. The monoisotopic (exact) mass is 279 g/mol. The molecular weight excluding hydrogens is 262 g/mol. The molecular formula is C14H18ClN3O. The second-order valence-electron chi connectivity index (χ2n) is 5.71. The summed E-state index contributed by atoms with van der Waals surface area (Å²) in [7, 11) is 3.78. The van der Waals surface area contributed by atoms with Gasteiger partial charge in [-0.2, -0.15) is 0 Å². The molecule has 1 atom stereocenters. The number of carbonyl (C=O) groups excluding carboxylic acids is 1. The standard InChI is InChI=1S/C14H18ClN3O/c1-8(9-4-5-9)18-7-10-6-11(15)16-13(17(2)3)12(10)14(18)19/h6,8-9H,4-5,7H2,1-3H3/t8-/m0/s1. The van der Waals surface area contributed by atoms with Crippen molar-refractivity contribution in [2.75, 3.05) is 19.0 Å². The van der Waals surface area contributed by atoms with Crippen molar-refractivity contribution >= 4 is 23.3 Å². The summed E-state index contributed by atoms with van der Waals surface area (Å²) in [5.74, 6) is 1.45. The molecule has 1 amide bonds. The van der Waals surface area contributed by atoms with E-state index in [9.17, 15) is 4.79 Å². The fraction of sp³-hybridized carbons (Fsp3) is 0.571. The molecule has 1 fully saturated rings. The lowest BCUT2D eigenvalue weighted by atomic mass is 10.1.